The van der Waals surface area contributed by atoms with E-state index in [1.54, 1.807) is 18.3 Å². The second-order valence-corrected chi connectivity index (χ2v) is 6.43. The fourth-order valence-corrected chi connectivity index (χ4v) is 3.02. The summed E-state index contributed by atoms with van der Waals surface area (Å²) in [7, 11) is 0. The number of aromatic nitrogens is 2. The molecule has 4 nitrogen and oxygen atoms in total. The van der Waals surface area contributed by atoms with Crippen LogP contribution in [0.5, 0.6) is 0 Å². The van der Waals surface area contributed by atoms with Gasteiger partial charge in [0.2, 0.25) is 0 Å². The van der Waals surface area contributed by atoms with E-state index in [1.807, 2.05) is 30.5 Å². The first-order valence-corrected chi connectivity index (χ1v) is 8.62. The molecule has 1 N–H and O–H groups in total. The Kier molecular flexibility index (Phi) is 5.60. The number of nitriles is 1. The highest BCUT2D eigenvalue weighted by molar-refractivity contribution is 6.36. The molecule has 0 aliphatic rings. The Hall–Kier alpha value is -2.48. The van der Waals surface area contributed by atoms with E-state index < -0.39 is 0 Å². The largest absolute Gasteiger partial charge is 0.370 e. The van der Waals surface area contributed by atoms with Crippen LogP contribution in [0.25, 0.3) is 11.1 Å². The second kappa shape index (κ2) is 8.06. The standard InChI is InChI=1S/C19H16Cl2N4/c20-16-3-4-17(18(21)10-16)15-6-9-25(13-15)8-1-7-23-19-5-2-14(11-22)12-24-19/h2-6,9-10,12-13H,1,7-8H2,(H,23,24). The van der Waals surface area contributed by atoms with Crippen molar-refractivity contribution in [1.82, 2.24) is 9.55 Å². The Labute approximate surface area is 156 Å². The van der Waals surface area contributed by atoms with Gasteiger partial charge in [-0.05, 0) is 36.8 Å². The number of nitrogens with zero attached hydrogens (tertiary/aromatic N) is 3. The molecule has 0 amide bonds. The number of hydrogen-bond donors (Lipinski definition) is 1. The van der Waals surface area contributed by atoms with Gasteiger partial charge in [-0.3, -0.25) is 0 Å². The molecule has 0 spiro atoms. The number of rotatable bonds is 6. The van der Waals surface area contributed by atoms with Crippen molar-refractivity contribution in [2.24, 2.45) is 0 Å². The molecule has 2 heterocycles. The van der Waals surface area contributed by atoms with E-state index in [-0.39, 0.29) is 0 Å². The van der Waals surface area contributed by atoms with Crippen LogP contribution in [-0.2, 0) is 6.54 Å². The maximum Gasteiger partial charge on any atom is 0.125 e. The van der Waals surface area contributed by atoms with Crippen LogP contribution < -0.4 is 5.32 Å². The molecule has 0 saturated heterocycles. The normalized spacial score (nSPS) is 10.4. The van der Waals surface area contributed by atoms with Crippen LogP contribution in [-0.4, -0.2) is 16.1 Å². The first-order chi connectivity index (χ1) is 12.2. The zero-order chi connectivity index (χ0) is 17.6. The number of aryl methyl sites for hydroxylation is 1. The summed E-state index contributed by atoms with van der Waals surface area (Å²) in [5.74, 6) is 0.778. The SMILES string of the molecule is N#Cc1ccc(NCCCn2ccc(-c3ccc(Cl)cc3Cl)c2)nc1. The minimum atomic E-state index is 0.561. The van der Waals surface area contributed by atoms with E-state index >= 15 is 0 Å². The third-order valence-corrected chi connectivity index (χ3v) is 4.33. The molecule has 0 radical (unpaired) electrons. The molecule has 0 aliphatic carbocycles. The molecule has 6 heteroatoms. The summed E-state index contributed by atoms with van der Waals surface area (Å²) in [6, 6.07) is 13.2. The fourth-order valence-electron chi connectivity index (χ4n) is 2.51. The highest BCUT2D eigenvalue weighted by Gasteiger charge is 2.06. The van der Waals surface area contributed by atoms with Gasteiger partial charge in [0, 0.05) is 52.9 Å². The van der Waals surface area contributed by atoms with Gasteiger partial charge in [-0.2, -0.15) is 5.26 Å². The molecule has 0 aliphatic heterocycles. The van der Waals surface area contributed by atoms with Gasteiger partial charge < -0.3 is 9.88 Å². The van der Waals surface area contributed by atoms with Crippen LogP contribution in [0.3, 0.4) is 0 Å². The molecule has 0 unspecified atom stereocenters. The van der Waals surface area contributed by atoms with Crippen molar-refractivity contribution in [3.05, 3.63) is 70.6 Å². The number of hydrogen-bond acceptors (Lipinski definition) is 3. The molecule has 3 aromatic rings. The van der Waals surface area contributed by atoms with E-state index in [1.165, 1.54) is 0 Å². The highest BCUT2D eigenvalue weighted by atomic mass is 35.5. The van der Waals surface area contributed by atoms with Crippen LogP contribution in [0, 0.1) is 11.3 Å². The van der Waals surface area contributed by atoms with Crippen molar-refractivity contribution in [3.8, 4) is 17.2 Å². The van der Waals surface area contributed by atoms with E-state index in [0.717, 1.165) is 36.5 Å². The lowest BCUT2D eigenvalue weighted by molar-refractivity contribution is 0.664. The van der Waals surface area contributed by atoms with E-state index in [4.69, 9.17) is 28.5 Å². The third-order valence-electron chi connectivity index (χ3n) is 3.78. The van der Waals surface area contributed by atoms with Crippen LogP contribution in [0.4, 0.5) is 5.82 Å². The molecule has 0 saturated carbocycles. The lowest BCUT2D eigenvalue weighted by Gasteiger charge is -2.06. The van der Waals surface area contributed by atoms with Crippen molar-refractivity contribution in [2.45, 2.75) is 13.0 Å². The first kappa shape index (κ1) is 17.3. The summed E-state index contributed by atoms with van der Waals surface area (Å²) in [5, 5.41) is 13.3. The van der Waals surface area contributed by atoms with Gasteiger partial charge in [-0.1, -0.05) is 29.3 Å². The Morgan fingerprint density at radius 3 is 2.76 bits per heavy atom. The van der Waals surface area contributed by atoms with Gasteiger partial charge in [0.25, 0.3) is 0 Å². The number of halogens is 2. The molecule has 0 fully saturated rings. The molecule has 25 heavy (non-hydrogen) atoms. The highest BCUT2D eigenvalue weighted by Crippen LogP contribution is 2.30. The predicted molar refractivity (Wildman–Crippen MR) is 102 cm³/mol. The van der Waals surface area contributed by atoms with Crippen LogP contribution >= 0.6 is 23.2 Å². The van der Waals surface area contributed by atoms with Gasteiger partial charge >= 0.3 is 0 Å². The minimum absolute atomic E-state index is 0.561. The Morgan fingerprint density at radius 2 is 2.04 bits per heavy atom. The molecule has 3 rings (SSSR count). The van der Waals surface area contributed by atoms with E-state index in [0.29, 0.717) is 15.6 Å². The molecule has 126 valence electrons. The summed E-state index contributed by atoms with van der Waals surface area (Å²) >= 11 is 12.2. The maximum absolute atomic E-state index is 8.76. The monoisotopic (exact) mass is 370 g/mol. The second-order valence-electron chi connectivity index (χ2n) is 5.59. The van der Waals surface area contributed by atoms with Gasteiger partial charge in [-0.25, -0.2) is 4.98 Å². The maximum atomic E-state index is 8.76. The van der Waals surface area contributed by atoms with Crippen LogP contribution in [0.1, 0.15) is 12.0 Å². The summed E-state index contributed by atoms with van der Waals surface area (Å²) in [6.07, 6.45) is 6.63. The first-order valence-electron chi connectivity index (χ1n) is 7.87. The van der Waals surface area contributed by atoms with Gasteiger partial charge in [0.1, 0.15) is 11.9 Å². The smallest absolute Gasteiger partial charge is 0.125 e. The zero-order valence-electron chi connectivity index (χ0n) is 13.4. The zero-order valence-corrected chi connectivity index (χ0v) is 14.9. The van der Waals surface area contributed by atoms with Gasteiger partial charge in [0.15, 0.2) is 0 Å². The average Bonchev–Trinajstić information content (AvgIpc) is 3.08. The quantitative estimate of drug-likeness (QED) is 0.604. The Morgan fingerprint density at radius 1 is 1.16 bits per heavy atom. The van der Waals surface area contributed by atoms with Gasteiger partial charge in [-0.15, -0.1) is 0 Å². The van der Waals surface area contributed by atoms with E-state index in [2.05, 4.69) is 27.1 Å². The predicted octanol–water partition coefficient (Wildman–Crippen LogP) is 5.23. The lowest BCUT2D eigenvalue weighted by Crippen LogP contribution is -2.06. The molecular formula is C19H16Cl2N4. The van der Waals surface area contributed by atoms with Gasteiger partial charge in [0.05, 0.1) is 5.56 Å². The fraction of sp³-hybridized carbons (Fsp3) is 0.158. The Balaban J connectivity index is 1.52. The van der Waals surface area contributed by atoms with Crippen molar-refractivity contribution in [3.63, 3.8) is 0 Å². The van der Waals surface area contributed by atoms with Crippen molar-refractivity contribution >= 4 is 29.0 Å². The van der Waals surface area contributed by atoms with Crippen molar-refractivity contribution in [1.29, 1.82) is 5.26 Å². The minimum Gasteiger partial charge on any atom is -0.370 e. The Bertz CT molecular complexity index is 895. The van der Waals surface area contributed by atoms with Crippen LogP contribution in [0.15, 0.2) is 55.0 Å². The summed E-state index contributed by atoms with van der Waals surface area (Å²) < 4.78 is 2.13. The molecular weight excluding hydrogens is 355 g/mol. The number of pyridine rings is 1. The average molecular weight is 371 g/mol. The summed E-state index contributed by atoms with van der Waals surface area (Å²) in [6.45, 7) is 1.68. The molecule has 2 aromatic heterocycles. The van der Waals surface area contributed by atoms with E-state index in [9.17, 15) is 0 Å². The summed E-state index contributed by atoms with van der Waals surface area (Å²) in [5.41, 5.74) is 2.61. The molecule has 0 atom stereocenters. The third kappa shape index (κ3) is 4.54. The van der Waals surface area contributed by atoms with Crippen molar-refractivity contribution in [2.75, 3.05) is 11.9 Å². The molecule has 0 bridgehead atoms. The number of benzene rings is 1. The topological polar surface area (TPSA) is 53.6 Å². The summed E-state index contributed by atoms with van der Waals surface area (Å²) in [4.78, 5) is 4.19. The number of nitrogens with one attached hydrogen (secondary N) is 1. The number of anilines is 1. The molecule has 1 aromatic carbocycles. The lowest BCUT2D eigenvalue weighted by atomic mass is 10.1. The van der Waals surface area contributed by atoms with Crippen molar-refractivity contribution < 1.29 is 0 Å². The van der Waals surface area contributed by atoms with Crippen LogP contribution in [0.2, 0.25) is 10.0 Å².